The molecule has 2 aromatic heterocycles. The molecule has 0 amide bonds. The third-order valence-electron chi connectivity index (χ3n) is 3.09. The standard InChI is InChI=1S/C13H14N4/c1-4-11-10-6-5-9-7-14-8(2)15-12(9)13(10)17(3)16-11/h5-7H,4H2,1-3H3. The van der Waals surface area contributed by atoms with E-state index in [9.17, 15) is 0 Å². The minimum absolute atomic E-state index is 0.796. The molecule has 4 nitrogen and oxygen atoms in total. The van der Waals surface area contributed by atoms with Crippen LogP contribution in [0.4, 0.5) is 0 Å². The third-order valence-corrected chi connectivity index (χ3v) is 3.09. The average molecular weight is 226 g/mol. The summed E-state index contributed by atoms with van der Waals surface area (Å²) in [5, 5.41) is 6.80. The van der Waals surface area contributed by atoms with Gasteiger partial charge in [-0.05, 0) is 13.3 Å². The normalized spacial score (nSPS) is 11.5. The molecule has 0 N–H and O–H groups in total. The molecule has 0 saturated heterocycles. The van der Waals surface area contributed by atoms with Gasteiger partial charge < -0.3 is 0 Å². The lowest BCUT2D eigenvalue weighted by Crippen LogP contribution is -1.94. The Labute approximate surface area is 99.3 Å². The first kappa shape index (κ1) is 10.2. The van der Waals surface area contributed by atoms with Crippen molar-refractivity contribution < 1.29 is 0 Å². The average Bonchev–Trinajstić information content (AvgIpc) is 2.66. The molecule has 0 unspecified atom stereocenters. The van der Waals surface area contributed by atoms with Gasteiger partial charge >= 0.3 is 0 Å². The summed E-state index contributed by atoms with van der Waals surface area (Å²) in [4.78, 5) is 8.77. The summed E-state index contributed by atoms with van der Waals surface area (Å²) in [6.07, 6.45) is 2.81. The first-order valence-corrected chi connectivity index (χ1v) is 5.78. The van der Waals surface area contributed by atoms with Gasteiger partial charge in [-0.15, -0.1) is 0 Å². The van der Waals surface area contributed by atoms with E-state index >= 15 is 0 Å². The molecule has 0 spiro atoms. The number of fused-ring (bicyclic) bond motifs is 3. The molecule has 0 radical (unpaired) electrons. The van der Waals surface area contributed by atoms with E-state index in [0.29, 0.717) is 0 Å². The molecule has 4 heteroatoms. The molecular formula is C13H14N4. The summed E-state index contributed by atoms with van der Waals surface area (Å²) in [5.41, 5.74) is 3.22. The second-order valence-electron chi connectivity index (χ2n) is 4.24. The minimum Gasteiger partial charge on any atom is -0.265 e. The molecule has 0 atom stereocenters. The Morgan fingerprint density at radius 2 is 2.12 bits per heavy atom. The lowest BCUT2D eigenvalue weighted by atomic mass is 10.1. The zero-order valence-electron chi connectivity index (χ0n) is 10.2. The summed E-state index contributed by atoms with van der Waals surface area (Å²) in [7, 11) is 1.97. The zero-order valence-corrected chi connectivity index (χ0v) is 10.2. The predicted molar refractivity (Wildman–Crippen MR) is 67.9 cm³/mol. The number of rotatable bonds is 1. The van der Waals surface area contributed by atoms with Crippen molar-refractivity contribution >= 4 is 21.8 Å². The molecule has 1 aromatic carbocycles. The van der Waals surface area contributed by atoms with Crippen molar-refractivity contribution in [3.8, 4) is 0 Å². The first-order chi connectivity index (χ1) is 8.20. The van der Waals surface area contributed by atoms with Crippen molar-refractivity contribution in [2.75, 3.05) is 0 Å². The van der Waals surface area contributed by atoms with Crippen LogP contribution in [0.2, 0.25) is 0 Å². The smallest absolute Gasteiger partial charge is 0.125 e. The van der Waals surface area contributed by atoms with Gasteiger partial charge in [-0.3, -0.25) is 4.68 Å². The maximum absolute atomic E-state index is 4.54. The monoisotopic (exact) mass is 226 g/mol. The van der Waals surface area contributed by atoms with Gasteiger partial charge in [0.15, 0.2) is 0 Å². The molecule has 0 aliphatic heterocycles. The van der Waals surface area contributed by atoms with E-state index in [-0.39, 0.29) is 0 Å². The number of aryl methyl sites for hydroxylation is 3. The Morgan fingerprint density at radius 3 is 2.88 bits per heavy atom. The third kappa shape index (κ3) is 1.40. The molecule has 3 rings (SSSR count). The SMILES string of the molecule is CCc1nn(C)c2c1ccc1cnc(C)nc12. The predicted octanol–water partition coefficient (Wildman–Crippen LogP) is 2.39. The van der Waals surface area contributed by atoms with Crippen LogP contribution in [0.3, 0.4) is 0 Å². The molecule has 0 saturated carbocycles. The van der Waals surface area contributed by atoms with E-state index in [4.69, 9.17) is 0 Å². The van der Waals surface area contributed by atoms with E-state index in [1.807, 2.05) is 24.9 Å². The molecule has 2 heterocycles. The van der Waals surface area contributed by atoms with Crippen molar-refractivity contribution in [3.05, 3.63) is 29.8 Å². The maximum atomic E-state index is 4.54. The Hall–Kier alpha value is -1.97. The number of benzene rings is 1. The number of nitrogens with zero attached hydrogens (tertiary/aromatic N) is 4. The molecule has 0 fully saturated rings. The van der Waals surface area contributed by atoms with Gasteiger partial charge in [0, 0.05) is 24.0 Å². The molecular weight excluding hydrogens is 212 g/mol. The largest absolute Gasteiger partial charge is 0.265 e. The van der Waals surface area contributed by atoms with Crippen LogP contribution in [-0.2, 0) is 13.5 Å². The Kier molecular flexibility index (Phi) is 2.11. The van der Waals surface area contributed by atoms with Crippen molar-refractivity contribution in [2.45, 2.75) is 20.3 Å². The van der Waals surface area contributed by atoms with E-state index < -0.39 is 0 Å². The summed E-state index contributed by atoms with van der Waals surface area (Å²) >= 11 is 0. The van der Waals surface area contributed by atoms with Crippen LogP contribution in [0.1, 0.15) is 18.4 Å². The van der Waals surface area contributed by atoms with E-state index in [1.165, 1.54) is 5.39 Å². The fraction of sp³-hybridized carbons (Fsp3) is 0.308. The first-order valence-electron chi connectivity index (χ1n) is 5.78. The maximum Gasteiger partial charge on any atom is 0.125 e. The molecule has 3 aromatic rings. The lowest BCUT2D eigenvalue weighted by molar-refractivity contribution is 0.771. The Balaban J connectivity index is 2.54. The second kappa shape index (κ2) is 3.52. The van der Waals surface area contributed by atoms with Gasteiger partial charge in [-0.25, -0.2) is 9.97 Å². The van der Waals surface area contributed by atoms with Gasteiger partial charge in [0.1, 0.15) is 5.82 Å². The van der Waals surface area contributed by atoms with Crippen molar-refractivity contribution in [1.82, 2.24) is 19.7 Å². The topological polar surface area (TPSA) is 43.6 Å². The van der Waals surface area contributed by atoms with E-state index in [0.717, 1.165) is 34.4 Å². The molecule has 0 bridgehead atoms. The zero-order chi connectivity index (χ0) is 12.0. The van der Waals surface area contributed by atoms with Crippen molar-refractivity contribution in [2.24, 2.45) is 7.05 Å². The van der Waals surface area contributed by atoms with Crippen molar-refractivity contribution in [3.63, 3.8) is 0 Å². The van der Waals surface area contributed by atoms with Gasteiger partial charge in [-0.1, -0.05) is 19.1 Å². The highest BCUT2D eigenvalue weighted by Crippen LogP contribution is 2.25. The molecule has 0 aliphatic rings. The van der Waals surface area contributed by atoms with Crippen LogP contribution < -0.4 is 0 Å². The van der Waals surface area contributed by atoms with Crippen LogP contribution in [-0.4, -0.2) is 19.7 Å². The highest BCUT2D eigenvalue weighted by molar-refractivity contribution is 6.03. The van der Waals surface area contributed by atoms with Crippen LogP contribution in [0.5, 0.6) is 0 Å². The van der Waals surface area contributed by atoms with Crippen molar-refractivity contribution in [1.29, 1.82) is 0 Å². The number of aromatic nitrogens is 4. The van der Waals surface area contributed by atoms with E-state index in [1.54, 1.807) is 0 Å². The minimum atomic E-state index is 0.796. The van der Waals surface area contributed by atoms with Crippen LogP contribution in [0, 0.1) is 6.92 Å². The quantitative estimate of drug-likeness (QED) is 0.640. The fourth-order valence-electron chi connectivity index (χ4n) is 2.28. The Bertz CT molecular complexity index is 712. The highest BCUT2D eigenvalue weighted by atomic mass is 15.3. The fourth-order valence-corrected chi connectivity index (χ4v) is 2.28. The summed E-state index contributed by atoms with van der Waals surface area (Å²) in [6.45, 7) is 4.03. The molecule has 86 valence electrons. The van der Waals surface area contributed by atoms with Gasteiger partial charge in [0.25, 0.3) is 0 Å². The summed E-state index contributed by atoms with van der Waals surface area (Å²) in [6, 6.07) is 4.18. The number of hydrogen-bond acceptors (Lipinski definition) is 3. The molecule has 0 aliphatic carbocycles. The van der Waals surface area contributed by atoms with Gasteiger partial charge in [0.2, 0.25) is 0 Å². The number of hydrogen-bond donors (Lipinski definition) is 0. The summed E-state index contributed by atoms with van der Waals surface area (Å²) < 4.78 is 1.92. The highest BCUT2D eigenvalue weighted by Gasteiger charge is 2.11. The summed E-state index contributed by atoms with van der Waals surface area (Å²) in [5.74, 6) is 0.796. The van der Waals surface area contributed by atoms with Crippen LogP contribution >= 0.6 is 0 Å². The second-order valence-corrected chi connectivity index (χ2v) is 4.24. The van der Waals surface area contributed by atoms with Crippen LogP contribution in [0.25, 0.3) is 21.8 Å². The van der Waals surface area contributed by atoms with Gasteiger partial charge in [0.05, 0.1) is 16.7 Å². The Morgan fingerprint density at radius 1 is 1.29 bits per heavy atom. The van der Waals surface area contributed by atoms with Gasteiger partial charge in [-0.2, -0.15) is 5.10 Å². The lowest BCUT2D eigenvalue weighted by Gasteiger charge is -2.01. The molecule has 17 heavy (non-hydrogen) atoms. The van der Waals surface area contributed by atoms with E-state index in [2.05, 4.69) is 34.1 Å². The van der Waals surface area contributed by atoms with Crippen LogP contribution in [0.15, 0.2) is 18.3 Å².